The van der Waals surface area contributed by atoms with E-state index in [0.29, 0.717) is 19.5 Å². The number of carbonyl (C=O) groups is 1. The molecule has 1 rings (SSSR count). The summed E-state index contributed by atoms with van der Waals surface area (Å²) >= 11 is 0. The van der Waals surface area contributed by atoms with E-state index in [-0.39, 0.29) is 16.9 Å². The van der Waals surface area contributed by atoms with Gasteiger partial charge in [0.1, 0.15) is 6.33 Å². The van der Waals surface area contributed by atoms with E-state index < -0.39 is 9.84 Å². The number of nitrogens with zero attached hydrogens (tertiary/aromatic N) is 4. The molecule has 1 aromatic heterocycles. The second-order valence-electron chi connectivity index (χ2n) is 4.51. The quantitative estimate of drug-likeness (QED) is 0.763. The first-order chi connectivity index (χ1) is 9.46. The van der Waals surface area contributed by atoms with E-state index >= 15 is 0 Å². The lowest BCUT2D eigenvalue weighted by Crippen LogP contribution is -2.35. The van der Waals surface area contributed by atoms with Gasteiger partial charge in [-0.3, -0.25) is 0 Å². The average Bonchev–Trinajstić information content (AvgIpc) is 2.89. The standard InChI is InChI=1S/C12H22N4O3S/c1-4-7-8-15(6-3)12(17)16-10-13-11(14-16)20(18,19)9-5-2/h10H,4-9H2,1-3H3. The number of hydrogen-bond donors (Lipinski definition) is 0. The Morgan fingerprint density at radius 1 is 1.30 bits per heavy atom. The van der Waals surface area contributed by atoms with E-state index in [2.05, 4.69) is 10.1 Å². The van der Waals surface area contributed by atoms with E-state index in [1.54, 1.807) is 11.8 Å². The highest BCUT2D eigenvalue weighted by molar-refractivity contribution is 7.91. The molecule has 0 saturated carbocycles. The van der Waals surface area contributed by atoms with Crippen molar-refractivity contribution in [2.24, 2.45) is 0 Å². The predicted molar refractivity (Wildman–Crippen MR) is 75.3 cm³/mol. The molecule has 1 heterocycles. The van der Waals surface area contributed by atoms with Gasteiger partial charge in [0.25, 0.3) is 5.16 Å². The molecule has 0 radical (unpaired) electrons. The van der Waals surface area contributed by atoms with Crippen molar-refractivity contribution in [3.8, 4) is 0 Å². The minimum atomic E-state index is -3.49. The minimum absolute atomic E-state index is 0.0153. The van der Waals surface area contributed by atoms with Crippen molar-refractivity contribution in [2.75, 3.05) is 18.8 Å². The minimum Gasteiger partial charge on any atom is -0.323 e. The number of aromatic nitrogens is 3. The van der Waals surface area contributed by atoms with Crippen molar-refractivity contribution in [1.29, 1.82) is 0 Å². The van der Waals surface area contributed by atoms with E-state index in [0.717, 1.165) is 17.5 Å². The van der Waals surface area contributed by atoms with Crippen LogP contribution in [0.3, 0.4) is 0 Å². The summed E-state index contributed by atoms with van der Waals surface area (Å²) < 4.78 is 24.6. The number of unbranched alkanes of at least 4 members (excludes halogenated alkanes) is 1. The summed E-state index contributed by atoms with van der Waals surface area (Å²) in [5.41, 5.74) is 0. The Kier molecular flexibility index (Phi) is 6.12. The van der Waals surface area contributed by atoms with E-state index in [4.69, 9.17) is 0 Å². The lowest BCUT2D eigenvalue weighted by atomic mass is 10.3. The maximum absolute atomic E-state index is 12.2. The number of hydrogen-bond acceptors (Lipinski definition) is 5. The highest BCUT2D eigenvalue weighted by Crippen LogP contribution is 2.06. The van der Waals surface area contributed by atoms with Gasteiger partial charge in [0.05, 0.1) is 5.75 Å². The summed E-state index contributed by atoms with van der Waals surface area (Å²) in [6, 6.07) is -0.341. The largest absolute Gasteiger partial charge is 0.346 e. The van der Waals surface area contributed by atoms with Gasteiger partial charge in [-0.2, -0.15) is 4.68 Å². The smallest absolute Gasteiger partial charge is 0.323 e. The van der Waals surface area contributed by atoms with Gasteiger partial charge in [0.2, 0.25) is 9.84 Å². The SMILES string of the molecule is CCCCN(CC)C(=O)n1cnc(S(=O)(=O)CCC)n1. The average molecular weight is 302 g/mol. The maximum Gasteiger partial charge on any atom is 0.346 e. The normalized spacial score (nSPS) is 11.6. The molecule has 0 saturated heterocycles. The fraction of sp³-hybridized carbons (Fsp3) is 0.750. The van der Waals surface area contributed by atoms with Crippen molar-refractivity contribution < 1.29 is 13.2 Å². The van der Waals surface area contributed by atoms with Gasteiger partial charge in [-0.25, -0.2) is 18.2 Å². The Morgan fingerprint density at radius 3 is 2.55 bits per heavy atom. The molecule has 20 heavy (non-hydrogen) atoms. The van der Waals surface area contributed by atoms with Crippen LogP contribution >= 0.6 is 0 Å². The molecular formula is C12H22N4O3S. The van der Waals surface area contributed by atoms with E-state index in [9.17, 15) is 13.2 Å². The van der Waals surface area contributed by atoms with Crippen molar-refractivity contribution in [3.05, 3.63) is 6.33 Å². The van der Waals surface area contributed by atoms with Gasteiger partial charge >= 0.3 is 6.03 Å². The topological polar surface area (TPSA) is 85.2 Å². The fourth-order valence-electron chi connectivity index (χ4n) is 1.73. The van der Waals surface area contributed by atoms with Gasteiger partial charge in [-0.1, -0.05) is 20.3 Å². The monoisotopic (exact) mass is 302 g/mol. The first-order valence-electron chi connectivity index (χ1n) is 6.89. The fourth-order valence-corrected chi connectivity index (χ4v) is 2.87. The number of sulfone groups is 1. The van der Waals surface area contributed by atoms with Crippen molar-refractivity contribution in [3.63, 3.8) is 0 Å². The van der Waals surface area contributed by atoms with Gasteiger partial charge in [-0.05, 0) is 19.8 Å². The molecule has 0 bridgehead atoms. The third-order valence-corrected chi connectivity index (χ3v) is 4.54. The molecule has 0 spiro atoms. The van der Waals surface area contributed by atoms with Gasteiger partial charge < -0.3 is 4.90 Å². The Bertz CT molecular complexity index is 539. The number of amides is 1. The van der Waals surface area contributed by atoms with Crippen LogP contribution in [-0.4, -0.2) is 53.0 Å². The van der Waals surface area contributed by atoms with Crippen LogP contribution in [0.2, 0.25) is 0 Å². The Labute approximate surface area is 119 Å². The van der Waals surface area contributed by atoms with Crippen molar-refractivity contribution >= 4 is 15.9 Å². The molecule has 114 valence electrons. The van der Waals surface area contributed by atoms with Crippen LogP contribution in [0.25, 0.3) is 0 Å². The summed E-state index contributed by atoms with van der Waals surface area (Å²) in [4.78, 5) is 17.5. The second-order valence-corrected chi connectivity index (χ2v) is 6.51. The molecule has 7 nitrogen and oxygen atoms in total. The third kappa shape index (κ3) is 4.03. The van der Waals surface area contributed by atoms with Crippen molar-refractivity contribution in [2.45, 2.75) is 45.2 Å². The van der Waals surface area contributed by atoms with E-state index in [1.807, 2.05) is 13.8 Å². The Balaban J connectivity index is 2.88. The molecular weight excluding hydrogens is 280 g/mol. The maximum atomic E-state index is 12.2. The molecule has 0 aliphatic carbocycles. The third-order valence-electron chi connectivity index (χ3n) is 2.85. The molecule has 0 aromatic carbocycles. The van der Waals surface area contributed by atoms with Gasteiger partial charge in [0.15, 0.2) is 0 Å². The summed E-state index contributed by atoms with van der Waals surface area (Å²) in [5, 5.41) is 3.53. The summed E-state index contributed by atoms with van der Waals surface area (Å²) in [6.07, 6.45) is 3.54. The molecule has 0 aliphatic heterocycles. The van der Waals surface area contributed by atoms with Crippen LogP contribution in [0.4, 0.5) is 4.79 Å². The lowest BCUT2D eigenvalue weighted by molar-refractivity contribution is 0.197. The second kappa shape index (κ2) is 7.37. The summed E-state index contributed by atoms with van der Waals surface area (Å²) in [6.45, 7) is 6.87. The number of rotatable bonds is 7. The molecule has 0 N–H and O–H groups in total. The molecule has 0 aliphatic rings. The Morgan fingerprint density at radius 2 is 2.00 bits per heavy atom. The molecule has 0 fully saturated rings. The Hall–Kier alpha value is -1.44. The highest BCUT2D eigenvalue weighted by atomic mass is 32.2. The van der Waals surface area contributed by atoms with Crippen LogP contribution in [0.15, 0.2) is 11.5 Å². The summed E-state index contributed by atoms with van der Waals surface area (Å²) in [5.74, 6) is -0.0153. The molecule has 0 atom stereocenters. The van der Waals surface area contributed by atoms with Crippen LogP contribution in [0, 0.1) is 0 Å². The van der Waals surface area contributed by atoms with Crippen LogP contribution in [-0.2, 0) is 9.84 Å². The molecule has 1 amide bonds. The predicted octanol–water partition coefficient (Wildman–Crippen LogP) is 1.55. The number of carbonyl (C=O) groups excluding carboxylic acids is 1. The highest BCUT2D eigenvalue weighted by Gasteiger charge is 2.22. The van der Waals surface area contributed by atoms with Gasteiger partial charge in [0, 0.05) is 13.1 Å². The first-order valence-corrected chi connectivity index (χ1v) is 8.55. The summed E-state index contributed by atoms with van der Waals surface area (Å²) in [7, 11) is -3.49. The van der Waals surface area contributed by atoms with E-state index in [1.165, 1.54) is 6.33 Å². The molecule has 0 unspecified atom stereocenters. The van der Waals surface area contributed by atoms with Gasteiger partial charge in [-0.15, -0.1) is 5.10 Å². The van der Waals surface area contributed by atoms with Crippen molar-refractivity contribution in [1.82, 2.24) is 19.7 Å². The zero-order valence-corrected chi connectivity index (χ0v) is 13.1. The zero-order valence-electron chi connectivity index (χ0n) is 12.2. The lowest BCUT2D eigenvalue weighted by Gasteiger charge is -2.19. The van der Waals surface area contributed by atoms with Crippen LogP contribution < -0.4 is 0 Å². The van der Waals surface area contributed by atoms with Crippen LogP contribution in [0.1, 0.15) is 40.0 Å². The van der Waals surface area contributed by atoms with Crippen LogP contribution in [0.5, 0.6) is 0 Å². The zero-order chi connectivity index (χ0) is 15.2. The molecule has 8 heteroatoms. The first kappa shape index (κ1) is 16.6. The molecule has 1 aromatic rings.